The van der Waals surface area contributed by atoms with Crippen molar-refractivity contribution in [2.24, 2.45) is 5.92 Å². The summed E-state index contributed by atoms with van der Waals surface area (Å²) in [6, 6.07) is 4.10. The van der Waals surface area contributed by atoms with E-state index in [2.05, 4.69) is 18.8 Å². The summed E-state index contributed by atoms with van der Waals surface area (Å²) in [6.45, 7) is 4.46. The number of thioether (sulfide) groups is 1. The second-order valence-electron chi connectivity index (χ2n) is 2.89. The predicted molar refractivity (Wildman–Crippen MR) is 54.8 cm³/mol. The largest absolute Gasteiger partial charge is 0.344 e. The van der Waals surface area contributed by atoms with Gasteiger partial charge in [-0.15, -0.1) is 11.8 Å². The molecule has 0 atom stereocenters. The summed E-state index contributed by atoms with van der Waals surface area (Å²) in [5, 5.41) is 0. The van der Waals surface area contributed by atoms with Gasteiger partial charge in [0.2, 0.25) is 0 Å². The summed E-state index contributed by atoms with van der Waals surface area (Å²) in [4.78, 5) is 5.27. The van der Waals surface area contributed by atoms with Crippen LogP contribution in [0.2, 0.25) is 0 Å². The molecule has 1 aromatic rings. The fraction of sp³-hybridized carbons (Fsp3) is 0.444. The third-order valence-electron chi connectivity index (χ3n) is 1.23. The molecule has 0 saturated carbocycles. The maximum atomic E-state index is 3.96. The fourth-order valence-corrected chi connectivity index (χ4v) is 1.54. The minimum Gasteiger partial charge on any atom is -0.344 e. The SMILES string of the molecule is CC(C)CSc1ccncc1.N. The third-order valence-corrected chi connectivity index (χ3v) is 2.67. The molecule has 1 aromatic heterocycles. The monoisotopic (exact) mass is 184 g/mol. The molecule has 0 spiro atoms. The van der Waals surface area contributed by atoms with E-state index in [-0.39, 0.29) is 6.15 Å². The van der Waals surface area contributed by atoms with E-state index in [0.717, 1.165) is 5.92 Å². The Morgan fingerprint density at radius 3 is 2.42 bits per heavy atom. The first-order chi connectivity index (χ1) is 5.29. The third kappa shape index (κ3) is 4.36. The van der Waals surface area contributed by atoms with Crippen LogP contribution in [0.1, 0.15) is 13.8 Å². The highest BCUT2D eigenvalue weighted by Crippen LogP contribution is 2.18. The van der Waals surface area contributed by atoms with Gasteiger partial charge in [-0.05, 0) is 18.1 Å². The number of rotatable bonds is 3. The number of nitrogens with zero attached hydrogens (tertiary/aromatic N) is 1. The van der Waals surface area contributed by atoms with Crippen LogP contribution in [0.5, 0.6) is 0 Å². The number of aromatic nitrogens is 1. The van der Waals surface area contributed by atoms with Gasteiger partial charge in [0.25, 0.3) is 0 Å². The molecule has 0 fully saturated rings. The Morgan fingerprint density at radius 2 is 1.92 bits per heavy atom. The van der Waals surface area contributed by atoms with Crippen molar-refractivity contribution in [1.29, 1.82) is 0 Å². The number of hydrogen-bond acceptors (Lipinski definition) is 3. The van der Waals surface area contributed by atoms with E-state index in [1.54, 1.807) is 0 Å². The number of hydrogen-bond donors (Lipinski definition) is 1. The summed E-state index contributed by atoms with van der Waals surface area (Å²) >= 11 is 1.89. The number of pyridine rings is 1. The minimum absolute atomic E-state index is 0. The van der Waals surface area contributed by atoms with E-state index in [0.29, 0.717) is 0 Å². The molecular weight excluding hydrogens is 168 g/mol. The van der Waals surface area contributed by atoms with Crippen molar-refractivity contribution in [2.45, 2.75) is 18.7 Å². The van der Waals surface area contributed by atoms with Crippen LogP contribution in [0, 0.1) is 5.92 Å². The van der Waals surface area contributed by atoms with Gasteiger partial charge in [-0.2, -0.15) is 0 Å². The molecule has 2 nitrogen and oxygen atoms in total. The van der Waals surface area contributed by atoms with Crippen LogP contribution in [0.4, 0.5) is 0 Å². The van der Waals surface area contributed by atoms with E-state index in [1.165, 1.54) is 10.6 Å². The smallest absolute Gasteiger partial charge is 0.0278 e. The molecule has 1 heterocycles. The highest BCUT2D eigenvalue weighted by Gasteiger charge is 1.95. The molecule has 0 aromatic carbocycles. The van der Waals surface area contributed by atoms with Gasteiger partial charge in [0, 0.05) is 23.0 Å². The highest BCUT2D eigenvalue weighted by molar-refractivity contribution is 7.99. The molecule has 0 aliphatic carbocycles. The van der Waals surface area contributed by atoms with Crippen molar-refractivity contribution >= 4 is 11.8 Å². The van der Waals surface area contributed by atoms with E-state index in [4.69, 9.17) is 0 Å². The second-order valence-corrected chi connectivity index (χ2v) is 3.98. The van der Waals surface area contributed by atoms with Crippen LogP contribution in [0.15, 0.2) is 29.4 Å². The van der Waals surface area contributed by atoms with E-state index < -0.39 is 0 Å². The zero-order valence-corrected chi connectivity index (χ0v) is 8.47. The lowest BCUT2D eigenvalue weighted by molar-refractivity contribution is 0.750. The average Bonchev–Trinajstić information content (AvgIpc) is 2.03. The lowest BCUT2D eigenvalue weighted by Gasteiger charge is -2.02. The van der Waals surface area contributed by atoms with Crippen molar-refractivity contribution in [2.75, 3.05) is 5.75 Å². The van der Waals surface area contributed by atoms with Crippen molar-refractivity contribution < 1.29 is 0 Å². The maximum Gasteiger partial charge on any atom is 0.0278 e. The van der Waals surface area contributed by atoms with Crippen LogP contribution >= 0.6 is 11.8 Å². The van der Waals surface area contributed by atoms with Gasteiger partial charge < -0.3 is 6.15 Å². The Hall–Kier alpha value is -0.540. The topological polar surface area (TPSA) is 47.9 Å². The Bertz CT molecular complexity index is 199. The lowest BCUT2D eigenvalue weighted by atomic mass is 10.3. The Morgan fingerprint density at radius 1 is 1.33 bits per heavy atom. The summed E-state index contributed by atoms with van der Waals surface area (Å²) in [5.41, 5.74) is 0. The van der Waals surface area contributed by atoms with Crippen molar-refractivity contribution in [3.8, 4) is 0 Å². The van der Waals surface area contributed by atoms with E-state index in [9.17, 15) is 0 Å². The van der Waals surface area contributed by atoms with Crippen molar-refractivity contribution in [3.05, 3.63) is 24.5 Å². The molecular formula is C9H16N2S. The van der Waals surface area contributed by atoms with E-state index >= 15 is 0 Å². The predicted octanol–water partition coefficient (Wildman–Crippen LogP) is 2.99. The molecule has 0 radical (unpaired) electrons. The molecule has 68 valence electrons. The van der Waals surface area contributed by atoms with Crippen molar-refractivity contribution in [1.82, 2.24) is 11.1 Å². The normalized spacial score (nSPS) is 9.58. The molecule has 0 saturated heterocycles. The van der Waals surface area contributed by atoms with Gasteiger partial charge in [-0.25, -0.2) is 0 Å². The van der Waals surface area contributed by atoms with E-state index in [1.807, 2.05) is 36.3 Å². The quantitative estimate of drug-likeness (QED) is 0.735. The maximum absolute atomic E-state index is 3.96. The Balaban J connectivity index is 0.00000121. The standard InChI is InChI=1S/C9H13NS.H3N/c1-8(2)7-11-9-3-5-10-6-4-9;/h3-6,8H,7H2,1-2H3;1H3. The zero-order valence-electron chi connectivity index (χ0n) is 7.66. The molecule has 0 aliphatic heterocycles. The first-order valence-electron chi connectivity index (χ1n) is 3.82. The van der Waals surface area contributed by atoms with Gasteiger partial charge in [0.15, 0.2) is 0 Å². The summed E-state index contributed by atoms with van der Waals surface area (Å²) in [7, 11) is 0. The van der Waals surface area contributed by atoms with Crippen LogP contribution in [-0.4, -0.2) is 10.7 Å². The van der Waals surface area contributed by atoms with Crippen LogP contribution < -0.4 is 6.15 Å². The molecule has 1 rings (SSSR count). The first-order valence-corrected chi connectivity index (χ1v) is 4.80. The second kappa shape index (κ2) is 6.03. The molecule has 0 aliphatic rings. The van der Waals surface area contributed by atoms with Gasteiger partial charge >= 0.3 is 0 Å². The minimum atomic E-state index is 0. The molecule has 3 heteroatoms. The van der Waals surface area contributed by atoms with Crippen molar-refractivity contribution in [3.63, 3.8) is 0 Å². The molecule has 0 amide bonds. The molecule has 3 N–H and O–H groups in total. The Labute approximate surface area is 78.4 Å². The Kier molecular flexibility index (Phi) is 5.76. The molecule has 0 bridgehead atoms. The molecule has 12 heavy (non-hydrogen) atoms. The average molecular weight is 184 g/mol. The summed E-state index contributed by atoms with van der Waals surface area (Å²) < 4.78 is 0. The van der Waals surface area contributed by atoms with Gasteiger partial charge in [0.1, 0.15) is 0 Å². The summed E-state index contributed by atoms with van der Waals surface area (Å²) in [6.07, 6.45) is 3.67. The van der Waals surface area contributed by atoms with Gasteiger partial charge in [0.05, 0.1) is 0 Å². The van der Waals surface area contributed by atoms with Crippen LogP contribution in [-0.2, 0) is 0 Å². The fourth-order valence-electron chi connectivity index (χ4n) is 0.697. The lowest BCUT2D eigenvalue weighted by Crippen LogP contribution is -1.89. The summed E-state index contributed by atoms with van der Waals surface area (Å²) in [5.74, 6) is 1.94. The zero-order chi connectivity index (χ0) is 8.10. The molecule has 0 unspecified atom stereocenters. The van der Waals surface area contributed by atoms with Crippen LogP contribution in [0.25, 0.3) is 0 Å². The van der Waals surface area contributed by atoms with Gasteiger partial charge in [-0.3, -0.25) is 4.98 Å². The highest BCUT2D eigenvalue weighted by atomic mass is 32.2. The van der Waals surface area contributed by atoms with Crippen LogP contribution in [0.3, 0.4) is 0 Å². The van der Waals surface area contributed by atoms with Gasteiger partial charge in [-0.1, -0.05) is 13.8 Å². The first kappa shape index (κ1) is 11.5.